The molecule has 0 amide bonds. The summed E-state index contributed by atoms with van der Waals surface area (Å²) in [4.78, 5) is 0.145. The Bertz CT molecular complexity index is 1150. The fourth-order valence-corrected chi connectivity index (χ4v) is 4.87. The Morgan fingerprint density at radius 3 is 2.50 bits per heavy atom. The number of hydrogen-bond donors (Lipinski definition) is 4. The van der Waals surface area contributed by atoms with Crippen molar-refractivity contribution in [1.29, 1.82) is 0 Å². The van der Waals surface area contributed by atoms with E-state index in [1.165, 1.54) is 16.4 Å². The number of nitrogens with zero attached hydrogens (tertiary/aromatic N) is 1. The molecule has 0 aliphatic rings. The number of nitrogens with one attached hydrogen (secondary N) is 1. The van der Waals surface area contributed by atoms with Crippen LogP contribution in [0.3, 0.4) is 0 Å². The molecule has 0 saturated heterocycles. The standard InChI is InChI=1S/C23H27N3O5S/c1-17-18(10-11-22(24)23(17)25-28)12-15-31-20-7-5-6-19(16-20)26(13-14-27)32(29,30)21-8-3-2-4-9-21/h2-11,16,25,27-28H,12-15,24H2,1H3. The van der Waals surface area contributed by atoms with Crippen LogP contribution in [0.2, 0.25) is 0 Å². The molecule has 8 nitrogen and oxygen atoms in total. The Balaban J connectivity index is 1.77. The van der Waals surface area contributed by atoms with Crippen molar-refractivity contribution >= 4 is 27.1 Å². The maximum Gasteiger partial charge on any atom is 0.264 e. The van der Waals surface area contributed by atoms with Gasteiger partial charge in [-0.25, -0.2) is 8.42 Å². The second-order valence-electron chi connectivity index (χ2n) is 7.14. The fraction of sp³-hybridized carbons (Fsp3) is 0.217. The minimum atomic E-state index is -3.84. The highest BCUT2D eigenvalue weighted by atomic mass is 32.2. The van der Waals surface area contributed by atoms with Gasteiger partial charge in [-0.1, -0.05) is 30.3 Å². The van der Waals surface area contributed by atoms with Crippen molar-refractivity contribution in [3.8, 4) is 5.75 Å². The first-order valence-electron chi connectivity index (χ1n) is 10.1. The lowest BCUT2D eigenvalue weighted by molar-refractivity contribution is 0.306. The summed E-state index contributed by atoms with van der Waals surface area (Å²) in [6.45, 7) is 1.79. The number of nitrogens with two attached hydrogens (primary N) is 1. The molecule has 3 aromatic rings. The maximum atomic E-state index is 13.1. The average Bonchev–Trinajstić information content (AvgIpc) is 2.80. The number of rotatable bonds is 10. The summed E-state index contributed by atoms with van der Waals surface area (Å²) in [7, 11) is -3.84. The second kappa shape index (κ2) is 10.4. The zero-order chi connectivity index (χ0) is 23.1. The largest absolute Gasteiger partial charge is 0.493 e. The highest BCUT2D eigenvalue weighted by Crippen LogP contribution is 2.28. The van der Waals surface area contributed by atoms with Crippen molar-refractivity contribution < 1.29 is 23.5 Å². The van der Waals surface area contributed by atoms with Crippen molar-refractivity contribution in [1.82, 2.24) is 0 Å². The van der Waals surface area contributed by atoms with Gasteiger partial charge < -0.3 is 15.6 Å². The molecule has 0 radical (unpaired) electrons. The van der Waals surface area contributed by atoms with Crippen LogP contribution < -0.4 is 20.3 Å². The number of ether oxygens (including phenoxy) is 1. The molecular formula is C23H27N3O5S. The number of sulfonamides is 1. The average molecular weight is 458 g/mol. The molecule has 5 N–H and O–H groups in total. The molecule has 0 unspecified atom stereocenters. The van der Waals surface area contributed by atoms with Crippen molar-refractivity contribution in [2.75, 3.05) is 35.3 Å². The molecule has 0 spiro atoms. The van der Waals surface area contributed by atoms with Gasteiger partial charge in [-0.15, -0.1) is 0 Å². The Morgan fingerprint density at radius 2 is 1.81 bits per heavy atom. The van der Waals surface area contributed by atoms with Gasteiger partial charge in [-0.05, 0) is 48.4 Å². The van der Waals surface area contributed by atoms with Gasteiger partial charge in [-0.3, -0.25) is 15.0 Å². The minimum absolute atomic E-state index is 0.0811. The number of hydrogen-bond acceptors (Lipinski definition) is 7. The predicted molar refractivity (Wildman–Crippen MR) is 125 cm³/mol. The van der Waals surface area contributed by atoms with Gasteiger partial charge in [0.05, 0.1) is 41.7 Å². The third-order valence-corrected chi connectivity index (χ3v) is 6.94. The van der Waals surface area contributed by atoms with E-state index in [2.05, 4.69) is 5.48 Å². The first-order valence-corrected chi connectivity index (χ1v) is 11.5. The van der Waals surface area contributed by atoms with Gasteiger partial charge in [0.1, 0.15) is 5.75 Å². The van der Waals surface area contributed by atoms with Crippen molar-refractivity contribution in [3.63, 3.8) is 0 Å². The van der Waals surface area contributed by atoms with E-state index in [1.54, 1.807) is 48.5 Å². The van der Waals surface area contributed by atoms with Crippen molar-refractivity contribution in [3.05, 3.63) is 77.9 Å². The molecule has 3 aromatic carbocycles. The van der Waals surface area contributed by atoms with Crippen LogP contribution in [-0.2, 0) is 16.4 Å². The molecule has 0 heterocycles. The van der Waals surface area contributed by atoms with Gasteiger partial charge in [-0.2, -0.15) is 0 Å². The van der Waals surface area contributed by atoms with Crippen LogP contribution in [0, 0.1) is 6.92 Å². The molecule has 0 aromatic heterocycles. The summed E-state index contributed by atoms with van der Waals surface area (Å²) in [5, 5.41) is 18.7. The minimum Gasteiger partial charge on any atom is -0.493 e. The molecule has 32 heavy (non-hydrogen) atoms. The third kappa shape index (κ3) is 5.13. The van der Waals surface area contributed by atoms with E-state index in [0.717, 1.165) is 11.1 Å². The van der Waals surface area contributed by atoms with Crippen molar-refractivity contribution in [2.24, 2.45) is 0 Å². The van der Waals surface area contributed by atoms with Crippen LogP contribution >= 0.6 is 0 Å². The lowest BCUT2D eigenvalue weighted by Crippen LogP contribution is -2.33. The molecule has 170 valence electrons. The van der Waals surface area contributed by atoms with Gasteiger partial charge in [0.2, 0.25) is 0 Å². The van der Waals surface area contributed by atoms with Crippen LogP contribution in [0.5, 0.6) is 5.75 Å². The van der Waals surface area contributed by atoms with Gasteiger partial charge in [0, 0.05) is 12.5 Å². The second-order valence-corrected chi connectivity index (χ2v) is 9.00. The smallest absolute Gasteiger partial charge is 0.264 e. The van der Waals surface area contributed by atoms with Gasteiger partial charge >= 0.3 is 0 Å². The van der Waals surface area contributed by atoms with Gasteiger partial charge in [0.15, 0.2) is 0 Å². The topological polar surface area (TPSA) is 125 Å². The van der Waals surface area contributed by atoms with E-state index in [1.807, 2.05) is 13.0 Å². The number of nitrogen functional groups attached to an aromatic ring is 1. The Morgan fingerprint density at radius 1 is 1.06 bits per heavy atom. The number of aliphatic hydroxyl groups excluding tert-OH is 1. The van der Waals surface area contributed by atoms with Gasteiger partial charge in [0.25, 0.3) is 10.0 Å². The lowest BCUT2D eigenvalue weighted by Gasteiger charge is -2.24. The zero-order valence-corrected chi connectivity index (χ0v) is 18.5. The summed E-state index contributed by atoms with van der Waals surface area (Å²) in [6, 6.07) is 18.4. The highest BCUT2D eigenvalue weighted by Gasteiger charge is 2.24. The Labute approximate surface area is 187 Å². The van der Waals surface area contributed by atoms with Crippen LogP contribution in [0.4, 0.5) is 17.1 Å². The lowest BCUT2D eigenvalue weighted by atomic mass is 10.0. The highest BCUT2D eigenvalue weighted by molar-refractivity contribution is 7.92. The SMILES string of the molecule is Cc1c(CCOc2cccc(N(CCO)S(=O)(=O)c3ccccc3)c2)ccc(N)c1NO. The van der Waals surface area contributed by atoms with Crippen LogP contribution in [-0.4, -0.2) is 38.5 Å². The molecule has 0 atom stereocenters. The maximum absolute atomic E-state index is 13.1. The number of aliphatic hydroxyl groups is 1. The van der Waals surface area contributed by atoms with Crippen LogP contribution in [0.1, 0.15) is 11.1 Å². The first kappa shape index (κ1) is 23.4. The molecule has 0 saturated carbocycles. The Kier molecular flexibility index (Phi) is 7.57. The predicted octanol–water partition coefficient (Wildman–Crippen LogP) is 3.19. The summed E-state index contributed by atoms with van der Waals surface area (Å²) in [6.07, 6.45) is 0.563. The summed E-state index contributed by atoms with van der Waals surface area (Å²) in [5.41, 5.74) is 11.1. The van der Waals surface area contributed by atoms with E-state index in [-0.39, 0.29) is 18.0 Å². The molecular weight excluding hydrogens is 430 g/mol. The molecule has 0 aliphatic carbocycles. The summed E-state index contributed by atoms with van der Waals surface area (Å²) in [5.74, 6) is 0.502. The first-order chi connectivity index (χ1) is 15.4. The van der Waals surface area contributed by atoms with Crippen LogP contribution in [0.15, 0.2) is 71.6 Å². The van der Waals surface area contributed by atoms with E-state index < -0.39 is 10.0 Å². The molecule has 0 aliphatic heterocycles. The van der Waals surface area contributed by atoms with E-state index >= 15 is 0 Å². The monoisotopic (exact) mass is 457 g/mol. The third-order valence-electron chi connectivity index (χ3n) is 5.10. The Hall–Kier alpha value is -3.27. The molecule has 0 bridgehead atoms. The quantitative estimate of drug-likeness (QED) is 0.272. The van der Waals surface area contributed by atoms with E-state index in [0.29, 0.717) is 35.8 Å². The van der Waals surface area contributed by atoms with Crippen molar-refractivity contribution in [2.45, 2.75) is 18.2 Å². The number of anilines is 3. The van der Waals surface area contributed by atoms with E-state index in [9.17, 15) is 18.7 Å². The summed E-state index contributed by atoms with van der Waals surface area (Å²) < 4.78 is 33.2. The normalized spacial score (nSPS) is 11.2. The number of benzene rings is 3. The molecule has 9 heteroatoms. The molecule has 3 rings (SSSR count). The summed E-state index contributed by atoms with van der Waals surface area (Å²) >= 11 is 0. The molecule has 0 fully saturated rings. The van der Waals surface area contributed by atoms with Crippen LogP contribution in [0.25, 0.3) is 0 Å². The zero-order valence-electron chi connectivity index (χ0n) is 17.7. The van der Waals surface area contributed by atoms with E-state index in [4.69, 9.17) is 10.5 Å². The fourth-order valence-electron chi connectivity index (χ4n) is 3.40.